The summed E-state index contributed by atoms with van der Waals surface area (Å²) in [6, 6.07) is 23.0. The zero-order chi connectivity index (χ0) is 24.0. The van der Waals surface area contributed by atoms with Gasteiger partial charge in [-0.05, 0) is 98.7 Å². The van der Waals surface area contributed by atoms with Gasteiger partial charge in [0.1, 0.15) is 0 Å². The molecule has 0 saturated carbocycles. The predicted octanol–water partition coefficient (Wildman–Crippen LogP) is 7.50. The van der Waals surface area contributed by atoms with Gasteiger partial charge < -0.3 is 14.8 Å². The van der Waals surface area contributed by atoms with E-state index < -0.39 is 0 Å². The van der Waals surface area contributed by atoms with Crippen molar-refractivity contribution >= 4 is 54.9 Å². The molecule has 0 unspecified atom stereocenters. The van der Waals surface area contributed by atoms with Gasteiger partial charge in [-0.1, -0.05) is 44.0 Å². The average Bonchev–Trinajstić information content (AvgIpc) is 3.31. The smallest absolute Gasteiger partial charge is 0.174 e. The lowest BCUT2D eigenvalue weighted by Crippen LogP contribution is -2.29. The van der Waals surface area contributed by atoms with Gasteiger partial charge in [-0.25, -0.2) is 0 Å². The second-order valence-electron chi connectivity index (χ2n) is 8.57. The van der Waals surface area contributed by atoms with Crippen LogP contribution in [-0.4, -0.2) is 14.7 Å². The van der Waals surface area contributed by atoms with E-state index in [4.69, 9.17) is 17.2 Å². The van der Waals surface area contributed by atoms with Gasteiger partial charge in [0.15, 0.2) is 5.11 Å². The van der Waals surface area contributed by atoms with Gasteiger partial charge in [0.05, 0.1) is 17.8 Å². The molecule has 5 rings (SSSR count). The monoisotopic (exact) mass is 594 g/mol. The van der Waals surface area contributed by atoms with Gasteiger partial charge >= 0.3 is 0 Å². The topological polar surface area (TPSA) is 33.1 Å². The van der Waals surface area contributed by atoms with Crippen molar-refractivity contribution in [3.8, 4) is 5.69 Å². The number of pyridine rings is 1. The molecule has 2 aromatic carbocycles. The highest BCUT2D eigenvalue weighted by Crippen LogP contribution is 2.44. The summed E-state index contributed by atoms with van der Waals surface area (Å²) in [4.78, 5) is 6.93. The van der Waals surface area contributed by atoms with E-state index in [1.54, 1.807) is 0 Å². The van der Waals surface area contributed by atoms with Crippen LogP contribution in [0.2, 0.25) is 0 Å². The van der Waals surface area contributed by atoms with Gasteiger partial charge in [0, 0.05) is 37.9 Å². The molecule has 4 aromatic rings. The van der Waals surface area contributed by atoms with Crippen LogP contribution in [0.5, 0.6) is 0 Å². The molecule has 0 aliphatic carbocycles. The van der Waals surface area contributed by atoms with Crippen molar-refractivity contribution in [3.63, 3.8) is 0 Å². The highest BCUT2D eigenvalue weighted by atomic mass is 79.9. The van der Waals surface area contributed by atoms with Crippen LogP contribution in [-0.2, 0) is 0 Å². The number of halogens is 2. The van der Waals surface area contributed by atoms with Crippen LogP contribution in [0.1, 0.15) is 40.3 Å². The van der Waals surface area contributed by atoms with Gasteiger partial charge in [-0.15, -0.1) is 0 Å². The van der Waals surface area contributed by atoms with E-state index in [-0.39, 0.29) is 12.1 Å². The number of aromatic nitrogens is 2. The van der Waals surface area contributed by atoms with Crippen molar-refractivity contribution in [1.29, 1.82) is 0 Å². The van der Waals surface area contributed by atoms with Gasteiger partial charge in [-0.3, -0.25) is 4.98 Å². The molecule has 3 heterocycles. The van der Waals surface area contributed by atoms with Crippen molar-refractivity contribution in [1.82, 2.24) is 14.9 Å². The zero-order valence-electron chi connectivity index (χ0n) is 19.1. The van der Waals surface area contributed by atoms with E-state index in [2.05, 4.69) is 116 Å². The number of hydrogen-bond donors (Lipinski definition) is 1. The number of hydrogen-bond acceptors (Lipinski definition) is 2. The van der Waals surface area contributed by atoms with E-state index in [1.807, 2.05) is 24.4 Å². The summed E-state index contributed by atoms with van der Waals surface area (Å²) in [7, 11) is 0. The fraction of sp³-hybridized carbons (Fsp3) is 0.185. The van der Waals surface area contributed by atoms with E-state index >= 15 is 0 Å². The van der Waals surface area contributed by atoms with Gasteiger partial charge in [0.25, 0.3) is 0 Å². The highest BCUT2D eigenvalue weighted by Gasteiger charge is 2.42. The first-order valence-corrected chi connectivity index (χ1v) is 13.1. The molecule has 1 aliphatic heterocycles. The summed E-state index contributed by atoms with van der Waals surface area (Å²) in [6.07, 6.45) is 1.84. The Hall–Kier alpha value is -2.48. The first kappa shape index (κ1) is 23.3. The standard InChI is InChI=1S/C27H24Br2N4S/c1-16-13-21(10-11-23(16)29)33-26(25(31-27(33)34)24-9-4-5-12-30-24)22-14-17(2)32(18(22)3)20-8-6-7-19(28)15-20/h4-15,25-26H,1-3H3,(H,31,34)/t25-,26-/m0/s1. The normalized spacial score (nSPS) is 17.8. The molecule has 34 heavy (non-hydrogen) atoms. The Labute approximate surface area is 222 Å². The van der Waals surface area contributed by atoms with Crippen LogP contribution in [0.4, 0.5) is 5.69 Å². The third-order valence-corrected chi connectivity index (χ3v) is 8.07. The Balaban J connectivity index is 1.69. The lowest BCUT2D eigenvalue weighted by Gasteiger charge is -2.28. The molecule has 2 atom stereocenters. The summed E-state index contributed by atoms with van der Waals surface area (Å²) in [6.45, 7) is 6.44. The predicted molar refractivity (Wildman–Crippen MR) is 150 cm³/mol. The maximum atomic E-state index is 5.91. The molecule has 0 bridgehead atoms. The summed E-state index contributed by atoms with van der Waals surface area (Å²) in [5.74, 6) is 0. The van der Waals surface area contributed by atoms with Crippen LogP contribution in [0.25, 0.3) is 5.69 Å². The fourth-order valence-electron chi connectivity index (χ4n) is 4.83. The molecule has 1 N–H and O–H groups in total. The maximum absolute atomic E-state index is 5.91. The number of nitrogens with one attached hydrogen (secondary N) is 1. The summed E-state index contributed by atoms with van der Waals surface area (Å²) >= 11 is 13.2. The minimum absolute atomic E-state index is 0.0462. The maximum Gasteiger partial charge on any atom is 0.174 e. The molecule has 2 aromatic heterocycles. The van der Waals surface area contributed by atoms with Gasteiger partial charge in [0.2, 0.25) is 0 Å². The molecule has 0 amide bonds. The highest BCUT2D eigenvalue weighted by molar-refractivity contribution is 9.10. The SMILES string of the molecule is Cc1cc(N2C(=S)N[C@@H](c3ccccn3)[C@@H]2c2cc(C)n(-c3cccc(Br)c3)c2C)ccc1Br. The lowest BCUT2D eigenvalue weighted by molar-refractivity contribution is 0.565. The summed E-state index contributed by atoms with van der Waals surface area (Å²) < 4.78 is 4.45. The third kappa shape index (κ3) is 4.10. The van der Waals surface area contributed by atoms with Crippen molar-refractivity contribution in [3.05, 3.63) is 110 Å². The second-order valence-corrected chi connectivity index (χ2v) is 10.7. The second kappa shape index (κ2) is 9.29. The van der Waals surface area contributed by atoms with Crippen molar-refractivity contribution in [2.24, 2.45) is 0 Å². The number of rotatable bonds is 4. The average molecular weight is 596 g/mol. The van der Waals surface area contributed by atoms with E-state index in [9.17, 15) is 0 Å². The molecule has 0 radical (unpaired) electrons. The molecule has 0 spiro atoms. The number of aryl methyl sites for hydroxylation is 2. The Morgan fingerprint density at radius 3 is 2.44 bits per heavy atom. The molecular formula is C27H24Br2N4S. The number of nitrogens with zero attached hydrogens (tertiary/aromatic N) is 3. The minimum Gasteiger partial charge on any atom is -0.351 e. The Morgan fingerprint density at radius 1 is 0.912 bits per heavy atom. The summed E-state index contributed by atoms with van der Waals surface area (Å²) in [5, 5.41) is 4.28. The van der Waals surface area contributed by atoms with E-state index in [0.29, 0.717) is 5.11 Å². The lowest BCUT2D eigenvalue weighted by atomic mass is 9.96. The Kier molecular flexibility index (Phi) is 6.35. The number of benzene rings is 2. The first-order valence-electron chi connectivity index (χ1n) is 11.1. The van der Waals surface area contributed by atoms with E-state index in [0.717, 1.165) is 26.0 Å². The molecule has 1 fully saturated rings. The minimum atomic E-state index is -0.0749. The molecule has 172 valence electrons. The van der Waals surface area contributed by atoms with Crippen LogP contribution in [0.3, 0.4) is 0 Å². The van der Waals surface area contributed by atoms with Crippen LogP contribution < -0.4 is 10.2 Å². The first-order chi connectivity index (χ1) is 16.3. The molecule has 1 aliphatic rings. The molecule has 1 saturated heterocycles. The van der Waals surface area contributed by atoms with E-state index in [1.165, 1.54) is 22.5 Å². The van der Waals surface area contributed by atoms with Crippen molar-refractivity contribution < 1.29 is 0 Å². The molecule has 4 nitrogen and oxygen atoms in total. The summed E-state index contributed by atoms with van der Waals surface area (Å²) in [5.41, 5.74) is 7.92. The van der Waals surface area contributed by atoms with Crippen molar-refractivity contribution in [2.75, 3.05) is 4.90 Å². The zero-order valence-corrected chi connectivity index (χ0v) is 23.1. The number of thiocarbonyl (C=S) groups is 1. The van der Waals surface area contributed by atoms with Gasteiger partial charge in [-0.2, -0.15) is 0 Å². The van der Waals surface area contributed by atoms with Crippen LogP contribution in [0.15, 0.2) is 81.9 Å². The van der Waals surface area contributed by atoms with Crippen LogP contribution >= 0.6 is 44.1 Å². The Morgan fingerprint density at radius 2 is 1.74 bits per heavy atom. The van der Waals surface area contributed by atoms with Crippen molar-refractivity contribution in [2.45, 2.75) is 32.9 Å². The largest absolute Gasteiger partial charge is 0.351 e. The number of anilines is 1. The molecule has 7 heteroatoms. The fourth-order valence-corrected chi connectivity index (χ4v) is 5.81. The molecular weight excluding hydrogens is 572 g/mol. The third-order valence-electron chi connectivity index (χ3n) is 6.37. The Bertz CT molecular complexity index is 1380. The quantitative estimate of drug-likeness (QED) is 0.248. The van der Waals surface area contributed by atoms with Crippen LogP contribution in [0, 0.1) is 20.8 Å².